The molecule has 0 bridgehead atoms. The molecule has 1 unspecified atom stereocenters. The Hall–Kier alpha value is -3.08. The molecule has 3 aromatic rings. The third-order valence-electron chi connectivity index (χ3n) is 5.20. The lowest BCUT2D eigenvalue weighted by atomic mass is 9.95. The van der Waals surface area contributed by atoms with E-state index in [4.69, 9.17) is 10.5 Å². The molecule has 0 amide bonds. The average molecular weight is 360 g/mol. The molecule has 2 N–H and O–H groups in total. The largest absolute Gasteiger partial charge is 0.497 e. The van der Waals surface area contributed by atoms with Crippen LogP contribution in [0, 0.1) is 0 Å². The van der Waals surface area contributed by atoms with Gasteiger partial charge in [0.15, 0.2) is 0 Å². The second-order valence-corrected chi connectivity index (χ2v) is 7.01. The first-order chi connectivity index (χ1) is 13.1. The predicted molar refractivity (Wildman–Crippen MR) is 109 cm³/mol. The maximum atomic E-state index is 6.05. The Kier molecular flexibility index (Phi) is 4.67. The fourth-order valence-corrected chi connectivity index (χ4v) is 3.69. The van der Waals surface area contributed by atoms with Crippen LogP contribution in [0.3, 0.4) is 0 Å². The number of methoxy groups -OCH3 is 1. The number of anilines is 2. The van der Waals surface area contributed by atoms with Crippen molar-refractivity contribution < 1.29 is 4.74 Å². The van der Waals surface area contributed by atoms with Gasteiger partial charge >= 0.3 is 0 Å². The lowest BCUT2D eigenvalue weighted by Crippen LogP contribution is -2.24. The number of hydrogen-bond donors (Lipinski definition) is 1. The van der Waals surface area contributed by atoms with Crippen LogP contribution in [0.4, 0.5) is 11.8 Å². The number of nitrogen functional groups attached to an aromatic ring is 1. The Balaban J connectivity index is 1.71. The summed E-state index contributed by atoms with van der Waals surface area (Å²) < 4.78 is 5.34. The molecule has 0 fully saturated rings. The molecule has 1 atom stereocenters. The first kappa shape index (κ1) is 17.3. The maximum Gasteiger partial charge on any atom is 0.222 e. The van der Waals surface area contributed by atoms with E-state index in [1.165, 1.54) is 11.1 Å². The third-order valence-corrected chi connectivity index (χ3v) is 5.20. The van der Waals surface area contributed by atoms with E-state index in [1.807, 2.05) is 30.3 Å². The van der Waals surface area contributed by atoms with Crippen molar-refractivity contribution in [2.24, 2.45) is 0 Å². The number of benzene rings is 2. The number of hydrogen-bond acceptors (Lipinski definition) is 5. The maximum absolute atomic E-state index is 6.05. The summed E-state index contributed by atoms with van der Waals surface area (Å²) in [5.74, 6) is 2.48. The number of aromatic nitrogens is 2. The number of nitrogens with two attached hydrogens (primary N) is 1. The average Bonchev–Trinajstić information content (AvgIpc) is 2.87. The van der Waals surface area contributed by atoms with Crippen LogP contribution in [0.1, 0.15) is 30.4 Å². The van der Waals surface area contributed by atoms with E-state index in [1.54, 1.807) is 7.11 Å². The molecule has 2 heterocycles. The number of ether oxygens (including phenoxy) is 1. The van der Waals surface area contributed by atoms with E-state index in [0.29, 0.717) is 5.92 Å². The van der Waals surface area contributed by atoms with E-state index >= 15 is 0 Å². The minimum absolute atomic E-state index is 0.288. The number of nitrogens with zero attached hydrogens (tertiary/aromatic N) is 3. The van der Waals surface area contributed by atoms with Crippen LogP contribution in [-0.4, -0.2) is 23.6 Å². The van der Waals surface area contributed by atoms with Gasteiger partial charge in [0.1, 0.15) is 11.6 Å². The van der Waals surface area contributed by atoms with Gasteiger partial charge in [-0.2, -0.15) is 4.98 Å². The summed E-state index contributed by atoms with van der Waals surface area (Å²) in [5.41, 5.74) is 10.6. The molecular weight excluding hydrogens is 336 g/mol. The molecule has 0 radical (unpaired) electrons. The van der Waals surface area contributed by atoms with E-state index < -0.39 is 0 Å². The highest BCUT2D eigenvalue weighted by atomic mass is 16.5. The van der Waals surface area contributed by atoms with E-state index in [9.17, 15) is 0 Å². The molecule has 2 aromatic carbocycles. The summed E-state index contributed by atoms with van der Waals surface area (Å²) in [7, 11) is 1.66. The van der Waals surface area contributed by atoms with Crippen LogP contribution in [0.25, 0.3) is 11.3 Å². The highest BCUT2D eigenvalue weighted by Gasteiger charge is 2.21. The van der Waals surface area contributed by atoms with Gasteiger partial charge in [-0.25, -0.2) is 4.98 Å². The fraction of sp³-hybridized carbons (Fsp3) is 0.273. The molecule has 5 heteroatoms. The number of fused-ring (bicyclic) bond motifs is 1. The lowest BCUT2D eigenvalue weighted by Gasteiger charge is -2.23. The first-order valence-corrected chi connectivity index (χ1v) is 9.26. The molecule has 0 aliphatic carbocycles. The Morgan fingerprint density at radius 3 is 2.78 bits per heavy atom. The van der Waals surface area contributed by atoms with Crippen molar-refractivity contribution >= 4 is 11.8 Å². The van der Waals surface area contributed by atoms with Crippen LogP contribution in [0.2, 0.25) is 0 Å². The minimum atomic E-state index is 0.288. The van der Waals surface area contributed by atoms with Crippen molar-refractivity contribution in [2.75, 3.05) is 24.3 Å². The van der Waals surface area contributed by atoms with Crippen LogP contribution in [0.5, 0.6) is 5.75 Å². The highest BCUT2D eigenvalue weighted by molar-refractivity contribution is 5.66. The summed E-state index contributed by atoms with van der Waals surface area (Å²) in [4.78, 5) is 11.3. The van der Waals surface area contributed by atoms with Crippen molar-refractivity contribution in [3.8, 4) is 17.0 Å². The summed E-state index contributed by atoms with van der Waals surface area (Å²) in [6.07, 6.45) is 1.08. The van der Waals surface area contributed by atoms with E-state index in [2.05, 4.69) is 46.1 Å². The lowest BCUT2D eigenvalue weighted by molar-refractivity contribution is 0.415. The van der Waals surface area contributed by atoms with Gasteiger partial charge in [0.2, 0.25) is 5.95 Å². The Morgan fingerprint density at radius 2 is 1.93 bits per heavy atom. The summed E-state index contributed by atoms with van der Waals surface area (Å²) >= 11 is 0. The van der Waals surface area contributed by atoms with Crippen LogP contribution < -0.4 is 15.4 Å². The SMILES string of the molecule is COc1cccc(-c2cc(N3CCC(C)c4ccccc4C3)nc(N)n2)c1. The molecule has 0 saturated heterocycles. The van der Waals surface area contributed by atoms with E-state index in [0.717, 1.165) is 42.3 Å². The van der Waals surface area contributed by atoms with Gasteiger partial charge in [0.25, 0.3) is 0 Å². The summed E-state index contributed by atoms with van der Waals surface area (Å²) in [5, 5.41) is 0. The second kappa shape index (κ2) is 7.27. The van der Waals surface area contributed by atoms with Gasteiger partial charge in [-0.3, -0.25) is 0 Å². The van der Waals surface area contributed by atoms with Crippen LogP contribution >= 0.6 is 0 Å². The fourth-order valence-electron chi connectivity index (χ4n) is 3.69. The van der Waals surface area contributed by atoms with Gasteiger partial charge < -0.3 is 15.4 Å². The molecule has 1 aliphatic rings. The number of rotatable bonds is 3. The van der Waals surface area contributed by atoms with Crippen molar-refractivity contribution in [1.82, 2.24) is 9.97 Å². The predicted octanol–water partition coefficient (Wildman–Crippen LogP) is 4.25. The van der Waals surface area contributed by atoms with Crippen molar-refractivity contribution in [2.45, 2.75) is 25.8 Å². The summed E-state index contributed by atoms with van der Waals surface area (Å²) in [6, 6.07) is 18.5. The monoisotopic (exact) mass is 360 g/mol. The molecule has 1 aromatic heterocycles. The van der Waals surface area contributed by atoms with Gasteiger partial charge in [-0.15, -0.1) is 0 Å². The van der Waals surface area contributed by atoms with Gasteiger partial charge in [0, 0.05) is 24.7 Å². The first-order valence-electron chi connectivity index (χ1n) is 9.26. The molecule has 0 saturated carbocycles. The Bertz CT molecular complexity index is 957. The zero-order valence-corrected chi connectivity index (χ0v) is 15.7. The highest BCUT2D eigenvalue weighted by Crippen LogP contribution is 2.32. The molecular formula is C22H24N4O. The molecule has 138 valence electrons. The molecule has 4 rings (SSSR count). The molecule has 1 aliphatic heterocycles. The normalized spacial score (nSPS) is 16.5. The van der Waals surface area contributed by atoms with Crippen molar-refractivity contribution in [1.29, 1.82) is 0 Å². The summed E-state index contributed by atoms with van der Waals surface area (Å²) in [6.45, 7) is 4.05. The van der Waals surface area contributed by atoms with Gasteiger partial charge in [-0.05, 0) is 35.6 Å². The van der Waals surface area contributed by atoms with Crippen LogP contribution in [-0.2, 0) is 6.54 Å². The Labute approximate surface area is 159 Å². The second-order valence-electron chi connectivity index (χ2n) is 7.01. The van der Waals surface area contributed by atoms with Gasteiger partial charge in [0.05, 0.1) is 12.8 Å². The quantitative estimate of drug-likeness (QED) is 0.756. The smallest absolute Gasteiger partial charge is 0.222 e. The van der Waals surface area contributed by atoms with E-state index in [-0.39, 0.29) is 5.95 Å². The molecule has 5 nitrogen and oxygen atoms in total. The van der Waals surface area contributed by atoms with Crippen molar-refractivity contribution in [3.05, 3.63) is 65.7 Å². The van der Waals surface area contributed by atoms with Gasteiger partial charge in [-0.1, -0.05) is 43.3 Å². The Morgan fingerprint density at radius 1 is 1.07 bits per heavy atom. The minimum Gasteiger partial charge on any atom is -0.497 e. The molecule has 27 heavy (non-hydrogen) atoms. The zero-order chi connectivity index (χ0) is 18.8. The standard InChI is InChI=1S/C22H24N4O/c1-15-10-11-26(14-17-6-3-4-9-19(15)17)21-13-20(24-22(23)25-21)16-7-5-8-18(12-16)27-2/h3-9,12-13,15H,10-11,14H2,1-2H3,(H2,23,24,25). The van der Waals surface area contributed by atoms with Crippen LogP contribution in [0.15, 0.2) is 54.6 Å². The third kappa shape index (κ3) is 3.58. The topological polar surface area (TPSA) is 64.3 Å². The van der Waals surface area contributed by atoms with Crippen molar-refractivity contribution in [3.63, 3.8) is 0 Å². The molecule has 0 spiro atoms. The zero-order valence-electron chi connectivity index (χ0n) is 15.7.